The molecule has 0 radical (unpaired) electrons. The van der Waals surface area contributed by atoms with E-state index in [9.17, 15) is 25.2 Å². The smallest absolute Gasteiger partial charge is 0.249 e. The van der Waals surface area contributed by atoms with Crippen LogP contribution in [0, 0.1) is 0 Å². The van der Waals surface area contributed by atoms with Gasteiger partial charge in [0.2, 0.25) is 5.91 Å². The molecule has 1 amide bonds. The van der Waals surface area contributed by atoms with Crippen LogP contribution in [0.25, 0.3) is 0 Å². The molecule has 0 heterocycles. The highest BCUT2D eigenvalue weighted by atomic mass is 16.3. The van der Waals surface area contributed by atoms with Gasteiger partial charge in [-0.1, -0.05) is 129 Å². The van der Waals surface area contributed by atoms with Gasteiger partial charge in [-0.15, -0.1) is 0 Å². The molecule has 0 aliphatic carbocycles. The topological polar surface area (TPSA) is 110 Å². The van der Waals surface area contributed by atoms with Crippen LogP contribution in [0.15, 0.2) is 0 Å². The van der Waals surface area contributed by atoms with Gasteiger partial charge in [-0.3, -0.25) is 4.79 Å². The summed E-state index contributed by atoms with van der Waals surface area (Å²) in [5.41, 5.74) is 0. The molecule has 0 aromatic heterocycles. The van der Waals surface area contributed by atoms with Gasteiger partial charge in [0.25, 0.3) is 0 Å². The lowest BCUT2D eigenvalue weighted by molar-refractivity contribution is -0.132. The third kappa shape index (κ3) is 18.6. The van der Waals surface area contributed by atoms with Crippen LogP contribution >= 0.6 is 0 Å². The van der Waals surface area contributed by atoms with Crippen molar-refractivity contribution in [3.05, 3.63) is 0 Å². The summed E-state index contributed by atoms with van der Waals surface area (Å²) < 4.78 is 0. The van der Waals surface area contributed by atoms with Crippen molar-refractivity contribution in [2.45, 2.75) is 167 Å². The maximum Gasteiger partial charge on any atom is 0.249 e. The van der Waals surface area contributed by atoms with E-state index in [4.69, 9.17) is 0 Å². The maximum absolute atomic E-state index is 12.2. The van der Waals surface area contributed by atoms with E-state index in [1.54, 1.807) is 0 Å². The van der Waals surface area contributed by atoms with Gasteiger partial charge in [0.1, 0.15) is 12.2 Å². The molecule has 0 rings (SSSR count). The number of unbranched alkanes of at least 4 members (excludes halogenated alkanes) is 16. The first-order valence-corrected chi connectivity index (χ1v) is 14.4. The van der Waals surface area contributed by atoms with E-state index < -0.39 is 36.9 Å². The number of hydrogen-bond acceptors (Lipinski definition) is 5. The molecule has 34 heavy (non-hydrogen) atoms. The summed E-state index contributed by atoms with van der Waals surface area (Å²) >= 11 is 0. The van der Waals surface area contributed by atoms with Crippen LogP contribution in [-0.4, -0.2) is 57.3 Å². The average Bonchev–Trinajstić information content (AvgIpc) is 2.84. The summed E-state index contributed by atoms with van der Waals surface area (Å²) in [5, 5.41) is 42.4. The average molecular weight is 488 g/mol. The van der Waals surface area contributed by atoms with Gasteiger partial charge in [-0.25, -0.2) is 0 Å². The van der Waals surface area contributed by atoms with E-state index in [2.05, 4.69) is 19.2 Å². The fourth-order valence-electron chi connectivity index (χ4n) is 4.40. The zero-order chi connectivity index (χ0) is 25.4. The molecule has 0 fully saturated rings. The monoisotopic (exact) mass is 487 g/mol. The fourth-order valence-corrected chi connectivity index (χ4v) is 4.40. The largest absolute Gasteiger partial charge is 0.394 e. The van der Waals surface area contributed by atoms with Crippen molar-refractivity contribution in [1.29, 1.82) is 0 Å². The SMILES string of the molecule is CCCCCCCCCCCCCCCCCC(O)C(=O)NC(CO)C(O)C(O)CCCCC. The van der Waals surface area contributed by atoms with Crippen LogP contribution in [-0.2, 0) is 4.79 Å². The van der Waals surface area contributed by atoms with Crippen molar-refractivity contribution in [2.75, 3.05) is 6.61 Å². The van der Waals surface area contributed by atoms with Gasteiger partial charge in [0.15, 0.2) is 0 Å². The van der Waals surface area contributed by atoms with Gasteiger partial charge in [-0.2, -0.15) is 0 Å². The number of hydrogen-bond donors (Lipinski definition) is 5. The minimum atomic E-state index is -1.25. The lowest BCUT2D eigenvalue weighted by atomic mass is 10.00. The zero-order valence-corrected chi connectivity index (χ0v) is 22.4. The number of amides is 1. The highest BCUT2D eigenvalue weighted by Crippen LogP contribution is 2.15. The van der Waals surface area contributed by atoms with E-state index in [0.717, 1.165) is 38.5 Å². The molecule has 204 valence electrons. The number of aliphatic hydroxyl groups excluding tert-OH is 4. The van der Waals surface area contributed by atoms with Crippen molar-refractivity contribution >= 4 is 5.91 Å². The quantitative estimate of drug-likeness (QED) is 0.111. The first-order valence-electron chi connectivity index (χ1n) is 14.4. The molecule has 0 spiro atoms. The van der Waals surface area contributed by atoms with Gasteiger partial charge in [0.05, 0.1) is 18.8 Å². The lowest BCUT2D eigenvalue weighted by Crippen LogP contribution is -2.53. The van der Waals surface area contributed by atoms with Crippen molar-refractivity contribution in [2.24, 2.45) is 0 Å². The molecule has 0 aromatic carbocycles. The molecule has 0 aliphatic rings. The van der Waals surface area contributed by atoms with Crippen molar-refractivity contribution < 1.29 is 25.2 Å². The molecular weight excluding hydrogens is 430 g/mol. The minimum Gasteiger partial charge on any atom is -0.394 e. The number of carbonyl (C=O) groups excluding carboxylic acids is 1. The van der Waals surface area contributed by atoms with Crippen LogP contribution < -0.4 is 5.32 Å². The Morgan fingerprint density at radius 2 is 1.00 bits per heavy atom. The van der Waals surface area contributed by atoms with Crippen molar-refractivity contribution in [1.82, 2.24) is 5.32 Å². The van der Waals surface area contributed by atoms with E-state index in [1.165, 1.54) is 77.0 Å². The third-order valence-electron chi connectivity index (χ3n) is 6.82. The molecule has 0 bridgehead atoms. The third-order valence-corrected chi connectivity index (χ3v) is 6.82. The Balaban J connectivity index is 3.73. The minimum absolute atomic E-state index is 0.372. The first kappa shape index (κ1) is 33.3. The predicted octanol–water partition coefficient (Wildman–Crippen LogP) is 5.39. The Morgan fingerprint density at radius 1 is 0.618 bits per heavy atom. The Kier molecular flexibility index (Phi) is 23.5. The predicted molar refractivity (Wildman–Crippen MR) is 141 cm³/mol. The van der Waals surface area contributed by atoms with E-state index >= 15 is 0 Å². The second-order valence-electron chi connectivity index (χ2n) is 10.1. The van der Waals surface area contributed by atoms with Crippen LogP contribution in [0.1, 0.15) is 142 Å². The summed E-state index contributed by atoms with van der Waals surface area (Å²) in [6, 6.07) is -0.972. The zero-order valence-electron chi connectivity index (χ0n) is 22.4. The molecule has 0 saturated heterocycles. The summed E-state index contributed by atoms with van der Waals surface area (Å²) in [7, 11) is 0. The van der Waals surface area contributed by atoms with E-state index in [1.807, 2.05) is 0 Å². The maximum atomic E-state index is 12.2. The molecular formula is C28H57NO5. The standard InChI is InChI=1S/C28H57NO5/c1-3-5-7-8-9-10-11-12-13-14-15-16-17-18-20-22-26(32)28(34)29-24(23-30)27(33)25(31)21-19-6-4-2/h24-27,30-33H,3-23H2,1-2H3,(H,29,34). The van der Waals surface area contributed by atoms with Crippen LogP contribution in [0.2, 0.25) is 0 Å². The molecule has 0 aromatic rings. The van der Waals surface area contributed by atoms with Crippen molar-refractivity contribution in [3.63, 3.8) is 0 Å². The highest BCUT2D eigenvalue weighted by Gasteiger charge is 2.28. The number of rotatable bonds is 25. The van der Waals surface area contributed by atoms with Gasteiger partial charge in [-0.05, 0) is 12.8 Å². The Morgan fingerprint density at radius 3 is 1.44 bits per heavy atom. The summed E-state index contributed by atoms with van der Waals surface area (Å²) in [6.45, 7) is 3.83. The lowest BCUT2D eigenvalue weighted by Gasteiger charge is -2.27. The Labute approximate surface area is 209 Å². The number of carbonyl (C=O) groups is 1. The first-order chi connectivity index (χ1) is 16.5. The second kappa shape index (κ2) is 24.0. The molecule has 6 heteroatoms. The summed E-state index contributed by atoms with van der Waals surface area (Å²) in [4.78, 5) is 12.2. The molecule has 0 saturated carbocycles. The Bertz CT molecular complexity index is 449. The van der Waals surface area contributed by atoms with Gasteiger partial charge < -0.3 is 25.7 Å². The fraction of sp³-hybridized carbons (Fsp3) is 0.964. The molecule has 4 atom stereocenters. The van der Waals surface area contributed by atoms with E-state index in [-0.39, 0.29) is 0 Å². The second-order valence-corrected chi connectivity index (χ2v) is 10.1. The number of nitrogens with one attached hydrogen (secondary N) is 1. The number of aliphatic hydroxyl groups is 4. The van der Waals surface area contributed by atoms with Gasteiger partial charge >= 0.3 is 0 Å². The van der Waals surface area contributed by atoms with Crippen LogP contribution in [0.5, 0.6) is 0 Å². The molecule has 0 aliphatic heterocycles. The Hall–Kier alpha value is -0.690. The van der Waals surface area contributed by atoms with Crippen LogP contribution in [0.3, 0.4) is 0 Å². The normalized spacial score (nSPS) is 15.1. The van der Waals surface area contributed by atoms with E-state index in [0.29, 0.717) is 12.8 Å². The summed E-state index contributed by atoms with van der Waals surface area (Å²) in [5.74, 6) is -0.593. The summed E-state index contributed by atoms with van der Waals surface area (Å²) in [6.07, 6.45) is 19.1. The van der Waals surface area contributed by atoms with Crippen molar-refractivity contribution in [3.8, 4) is 0 Å². The molecule has 5 N–H and O–H groups in total. The highest BCUT2D eigenvalue weighted by molar-refractivity contribution is 5.80. The van der Waals surface area contributed by atoms with Crippen LogP contribution in [0.4, 0.5) is 0 Å². The van der Waals surface area contributed by atoms with Gasteiger partial charge in [0, 0.05) is 0 Å². The molecule has 4 unspecified atom stereocenters. The molecule has 6 nitrogen and oxygen atoms in total.